The van der Waals surface area contributed by atoms with Crippen molar-refractivity contribution in [2.45, 2.75) is 29.7 Å². The van der Waals surface area contributed by atoms with Crippen molar-refractivity contribution in [2.75, 3.05) is 0 Å². The average molecular weight is 450 g/mol. The normalized spacial score (nSPS) is 12.0. The summed E-state index contributed by atoms with van der Waals surface area (Å²) in [5, 5.41) is 11.9. The van der Waals surface area contributed by atoms with E-state index in [0.29, 0.717) is 15.8 Å². The van der Waals surface area contributed by atoms with Crippen LogP contribution in [0.25, 0.3) is 16.6 Å². The van der Waals surface area contributed by atoms with Gasteiger partial charge in [-0.3, -0.25) is 9.36 Å². The molecule has 0 bridgehead atoms. The van der Waals surface area contributed by atoms with Crippen molar-refractivity contribution in [1.29, 1.82) is 0 Å². The highest BCUT2D eigenvalue weighted by Crippen LogP contribution is 2.34. The molecule has 1 atom stereocenters. The van der Waals surface area contributed by atoms with Crippen LogP contribution in [0.5, 0.6) is 0 Å². The lowest BCUT2D eigenvalue weighted by molar-refractivity contribution is 0.190. The molecular weight excluding hydrogens is 429 g/mol. The molecular formula is C24H20FN3O3S. The van der Waals surface area contributed by atoms with E-state index in [1.54, 1.807) is 25.1 Å². The van der Waals surface area contributed by atoms with Crippen LogP contribution in [0, 0.1) is 12.7 Å². The van der Waals surface area contributed by atoms with Gasteiger partial charge >= 0.3 is 6.09 Å². The van der Waals surface area contributed by atoms with Crippen molar-refractivity contribution in [3.63, 3.8) is 0 Å². The molecule has 32 heavy (non-hydrogen) atoms. The number of benzene rings is 3. The second-order valence-electron chi connectivity index (χ2n) is 7.28. The van der Waals surface area contributed by atoms with Gasteiger partial charge in [-0.2, -0.15) is 0 Å². The monoisotopic (exact) mass is 449 g/mol. The molecule has 1 unspecified atom stereocenters. The summed E-state index contributed by atoms with van der Waals surface area (Å²) < 4.78 is 15.3. The van der Waals surface area contributed by atoms with Crippen molar-refractivity contribution in [3.8, 4) is 5.69 Å². The minimum atomic E-state index is -1.25. The summed E-state index contributed by atoms with van der Waals surface area (Å²) in [6.45, 7) is 3.58. The number of rotatable bonds is 5. The van der Waals surface area contributed by atoms with Crippen molar-refractivity contribution in [1.82, 2.24) is 14.9 Å². The van der Waals surface area contributed by atoms with Gasteiger partial charge in [-0.05, 0) is 55.8 Å². The summed E-state index contributed by atoms with van der Waals surface area (Å²) in [5.41, 5.74) is 1.39. The number of fused-ring (bicyclic) bond motifs is 1. The third kappa shape index (κ3) is 4.22. The van der Waals surface area contributed by atoms with E-state index < -0.39 is 23.5 Å². The molecule has 0 spiro atoms. The summed E-state index contributed by atoms with van der Waals surface area (Å²) >= 11 is 1.45. The number of aromatic nitrogens is 2. The van der Waals surface area contributed by atoms with Crippen LogP contribution in [-0.4, -0.2) is 20.8 Å². The smallest absolute Gasteiger partial charge is 0.405 e. The number of aryl methyl sites for hydroxylation is 1. The molecule has 0 aliphatic heterocycles. The van der Waals surface area contributed by atoms with Crippen LogP contribution >= 0.6 is 11.8 Å². The Labute approximate surface area is 187 Å². The molecule has 4 rings (SSSR count). The van der Waals surface area contributed by atoms with Crippen molar-refractivity contribution >= 4 is 28.8 Å². The first-order valence-corrected chi connectivity index (χ1v) is 10.7. The number of carbonyl (C=O) groups is 1. The number of hydrogen-bond donors (Lipinski definition) is 2. The quantitative estimate of drug-likeness (QED) is 0.431. The summed E-state index contributed by atoms with van der Waals surface area (Å²) in [6, 6.07) is 18.0. The van der Waals surface area contributed by atoms with Gasteiger partial charge in [0, 0.05) is 9.79 Å². The number of amides is 1. The third-order valence-corrected chi connectivity index (χ3v) is 6.23. The van der Waals surface area contributed by atoms with Crippen molar-refractivity contribution < 1.29 is 14.3 Å². The molecule has 1 aromatic heterocycles. The highest BCUT2D eigenvalue weighted by molar-refractivity contribution is 7.99. The molecule has 0 aliphatic rings. The molecule has 162 valence electrons. The molecule has 0 saturated heterocycles. The van der Waals surface area contributed by atoms with Crippen LogP contribution < -0.4 is 10.9 Å². The number of nitrogens with one attached hydrogen (secondary N) is 1. The molecule has 3 aromatic carbocycles. The molecule has 0 radical (unpaired) electrons. The Morgan fingerprint density at radius 2 is 1.81 bits per heavy atom. The molecule has 0 aliphatic carbocycles. The average Bonchev–Trinajstić information content (AvgIpc) is 2.74. The van der Waals surface area contributed by atoms with E-state index in [1.165, 1.54) is 34.5 Å². The van der Waals surface area contributed by atoms with Crippen LogP contribution in [0.3, 0.4) is 0 Å². The predicted molar refractivity (Wildman–Crippen MR) is 122 cm³/mol. The van der Waals surface area contributed by atoms with E-state index in [1.807, 2.05) is 37.3 Å². The van der Waals surface area contributed by atoms with Gasteiger partial charge in [0.2, 0.25) is 0 Å². The second kappa shape index (κ2) is 8.84. The molecule has 4 aromatic rings. The van der Waals surface area contributed by atoms with Gasteiger partial charge < -0.3 is 10.4 Å². The Kier molecular flexibility index (Phi) is 5.96. The number of nitrogens with zero attached hydrogens (tertiary/aromatic N) is 2. The number of carboxylic acid groups (broad SMARTS) is 1. The Hall–Kier alpha value is -3.65. The highest BCUT2D eigenvalue weighted by atomic mass is 32.2. The maximum atomic E-state index is 14.0. The fourth-order valence-corrected chi connectivity index (χ4v) is 4.55. The van der Waals surface area contributed by atoms with Gasteiger partial charge in [0.1, 0.15) is 11.6 Å². The molecule has 1 amide bonds. The lowest BCUT2D eigenvalue weighted by Gasteiger charge is -2.19. The van der Waals surface area contributed by atoms with Gasteiger partial charge in [0.25, 0.3) is 5.56 Å². The van der Waals surface area contributed by atoms with Gasteiger partial charge in [0.05, 0.1) is 22.6 Å². The van der Waals surface area contributed by atoms with E-state index in [9.17, 15) is 19.1 Å². The summed E-state index contributed by atoms with van der Waals surface area (Å²) in [6.07, 6.45) is -1.25. The maximum Gasteiger partial charge on any atom is 0.405 e. The molecule has 0 saturated carbocycles. The Morgan fingerprint density at radius 3 is 2.53 bits per heavy atom. The Bertz CT molecular complexity index is 1390. The number of hydrogen-bond acceptors (Lipinski definition) is 4. The topological polar surface area (TPSA) is 84.2 Å². The first kappa shape index (κ1) is 21.6. The van der Waals surface area contributed by atoms with E-state index in [0.717, 1.165) is 10.5 Å². The van der Waals surface area contributed by atoms with Gasteiger partial charge in [-0.1, -0.05) is 42.1 Å². The van der Waals surface area contributed by atoms with E-state index in [4.69, 9.17) is 0 Å². The summed E-state index contributed by atoms with van der Waals surface area (Å²) in [4.78, 5) is 31.3. The largest absolute Gasteiger partial charge is 0.465 e. The second-order valence-corrected chi connectivity index (χ2v) is 8.36. The van der Waals surface area contributed by atoms with Crippen molar-refractivity contribution in [3.05, 3.63) is 94.3 Å². The Balaban J connectivity index is 1.99. The molecule has 8 heteroatoms. The minimum absolute atomic E-state index is 0.175. The van der Waals surface area contributed by atoms with E-state index in [2.05, 4.69) is 10.3 Å². The van der Waals surface area contributed by atoms with Gasteiger partial charge in [0.15, 0.2) is 0 Å². The van der Waals surface area contributed by atoms with Crippen LogP contribution in [0.15, 0.2) is 81.3 Å². The Morgan fingerprint density at radius 1 is 1.09 bits per heavy atom. The number of halogens is 1. The molecule has 6 nitrogen and oxygen atoms in total. The lowest BCUT2D eigenvalue weighted by atomic mass is 10.2. The van der Waals surface area contributed by atoms with Crippen LogP contribution in [0.2, 0.25) is 0 Å². The van der Waals surface area contributed by atoms with E-state index >= 15 is 0 Å². The van der Waals surface area contributed by atoms with Crippen LogP contribution in [0.1, 0.15) is 24.4 Å². The fraction of sp³-hybridized carbons (Fsp3) is 0.125. The summed E-state index contributed by atoms with van der Waals surface area (Å²) in [7, 11) is 0. The maximum absolute atomic E-state index is 14.0. The molecule has 0 fully saturated rings. The van der Waals surface area contributed by atoms with Gasteiger partial charge in [-0.25, -0.2) is 14.2 Å². The molecule has 1 heterocycles. The first-order chi connectivity index (χ1) is 15.3. The SMILES string of the molecule is Cc1ccccc1Sc1cccc2nc(C(C)NC(=O)O)n(-c3cccc(F)c3)c(=O)c12. The highest BCUT2D eigenvalue weighted by Gasteiger charge is 2.21. The zero-order valence-corrected chi connectivity index (χ0v) is 18.2. The van der Waals surface area contributed by atoms with E-state index in [-0.39, 0.29) is 11.5 Å². The van der Waals surface area contributed by atoms with Crippen LogP contribution in [-0.2, 0) is 0 Å². The van der Waals surface area contributed by atoms with Crippen LogP contribution in [0.4, 0.5) is 9.18 Å². The third-order valence-electron chi connectivity index (χ3n) is 4.99. The zero-order chi connectivity index (χ0) is 22.8. The zero-order valence-electron chi connectivity index (χ0n) is 17.4. The first-order valence-electron chi connectivity index (χ1n) is 9.89. The predicted octanol–water partition coefficient (Wildman–Crippen LogP) is 5.31. The standard InChI is InChI=1S/C24H20FN3O3S/c1-14-7-3-4-11-19(14)32-20-12-6-10-18-21(20)23(29)28(17-9-5-8-16(25)13-17)22(27-18)15(2)26-24(30)31/h3-13,15,26H,1-2H3,(H,30,31). The van der Waals surface area contributed by atoms with Crippen molar-refractivity contribution in [2.24, 2.45) is 0 Å². The lowest BCUT2D eigenvalue weighted by Crippen LogP contribution is -2.32. The molecule has 2 N–H and O–H groups in total. The minimum Gasteiger partial charge on any atom is -0.465 e. The fourth-order valence-electron chi connectivity index (χ4n) is 3.50. The van der Waals surface area contributed by atoms with Gasteiger partial charge in [-0.15, -0.1) is 0 Å². The summed E-state index contributed by atoms with van der Waals surface area (Å²) in [5.74, 6) is -0.338.